The first kappa shape index (κ1) is 13.3. The van der Waals surface area contributed by atoms with E-state index in [1.165, 1.54) is 9.80 Å². The lowest BCUT2D eigenvalue weighted by Crippen LogP contribution is -2.38. The molecule has 4 atom stereocenters. The fourth-order valence-electron chi connectivity index (χ4n) is 3.79. The molecule has 3 aliphatic carbocycles. The number of rotatable bonds is 3. The van der Waals surface area contributed by atoms with Crippen LogP contribution in [-0.2, 0) is 14.4 Å². The van der Waals surface area contributed by atoms with Crippen molar-refractivity contribution in [2.45, 2.75) is 19.3 Å². The molecule has 1 heterocycles. The number of hydrogen-bond donors (Lipinski definition) is 0. The highest BCUT2D eigenvalue weighted by molar-refractivity contribution is 6.06. The zero-order valence-electron chi connectivity index (χ0n) is 11.9. The van der Waals surface area contributed by atoms with Gasteiger partial charge in [0.2, 0.25) is 17.7 Å². The molecular weight excluding hydrogens is 256 g/mol. The van der Waals surface area contributed by atoms with Gasteiger partial charge >= 0.3 is 0 Å². The first-order valence-electron chi connectivity index (χ1n) is 7.24. The number of likely N-dealkylation sites (tertiary alicyclic amines) is 1. The highest BCUT2D eigenvalue weighted by Gasteiger charge is 2.56. The maximum Gasteiger partial charge on any atom is 0.233 e. The summed E-state index contributed by atoms with van der Waals surface area (Å²) in [6.07, 6.45) is 6.44. The molecular formula is C15H20N2O3. The van der Waals surface area contributed by atoms with Crippen molar-refractivity contribution >= 4 is 17.7 Å². The zero-order chi connectivity index (χ0) is 14.4. The van der Waals surface area contributed by atoms with E-state index in [-0.39, 0.29) is 54.4 Å². The Morgan fingerprint density at radius 1 is 1.15 bits per heavy atom. The van der Waals surface area contributed by atoms with Crippen LogP contribution in [-0.4, -0.2) is 48.2 Å². The Hall–Kier alpha value is -1.65. The number of carbonyl (C=O) groups is 3. The van der Waals surface area contributed by atoms with Gasteiger partial charge in [0.25, 0.3) is 0 Å². The Labute approximate surface area is 118 Å². The van der Waals surface area contributed by atoms with Crippen molar-refractivity contribution in [3.8, 4) is 0 Å². The predicted molar refractivity (Wildman–Crippen MR) is 72.4 cm³/mol. The molecule has 0 aromatic carbocycles. The summed E-state index contributed by atoms with van der Waals surface area (Å²) in [5.41, 5.74) is 0. The van der Waals surface area contributed by atoms with Crippen LogP contribution < -0.4 is 0 Å². The third-order valence-electron chi connectivity index (χ3n) is 4.90. The fraction of sp³-hybridized carbons (Fsp3) is 0.667. The summed E-state index contributed by atoms with van der Waals surface area (Å²) in [6.45, 7) is 0.223. The van der Waals surface area contributed by atoms with E-state index in [4.69, 9.17) is 0 Å². The third-order valence-corrected chi connectivity index (χ3v) is 4.90. The SMILES string of the molecule is CN(C)C(=O)CCN1C(=O)C2C3C=CC(CC3)C2C1=O. The number of carbonyl (C=O) groups excluding carboxylic acids is 3. The van der Waals surface area contributed by atoms with Crippen molar-refractivity contribution in [2.75, 3.05) is 20.6 Å². The quantitative estimate of drug-likeness (QED) is 0.562. The molecule has 5 heteroatoms. The molecule has 0 radical (unpaired) electrons. The summed E-state index contributed by atoms with van der Waals surface area (Å²) in [5, 5.41) is 0. The number of allylic oxidation sites excluding steroid dienone is 2. The van der Waals surface area contributed by atoms with Crippen molar-refractivity contribution in [2.24, 2.45) is 23.7 Å². The Balaban J connectivity index is 1.74. The van der Waals surface area contributed by atoms with E-state index in [1.54, 1.807) is 14.1 Å². The number of nitrogens with zero attached hydrogens (tertiary/aromatic N) is 2. The van der Waals surface area contributed by atoms with Gasteiger partial charge in [-0.05, 0) is 24.7 Å². The monoisotopic (exact) mass is 276 g/mol. The molecule has 4 rings (SSSR count). The van der Waals surface area contributed by atoms with E-state index in [1.807, 2.05) is 0 Å². The topological polar surface area (TPSA) is 57.7 Å². The van der Waals surface area contributed by atoms with Crippen molar-refractivity contribution in [3.05, 3.63) is 12.2 Å². The van der Waals surface area contributed by atoms with Gasteiger partial charge in [-0.3, -0.25) is 19.3 Å². The predicted octanol–water partition coefficient (Wildman–Crippen LogP) is 0.662. The molecule has 3 amide bonds. The van der Waals surface area contributed by atoms with Crippen LogP contribution in [0.3, 0.4) is 0 Å². The first-order chi connectivity index (χ1) is 9.50. The molecule has 20 heavy (non-hydrogen) atoms. The summed E-state index contributed by atoms with van der Waals surface area (Å²) in [5.74, 6) is -0.0776. The lowest BCUT2D eigenvalue weighted by Gasteiger charge is -2.38. The molecule has 2 fully saturated rings. The average molecular weight is 276 g/mol. The normalized spacial score (nSPS) is 34.6. The van der Waals surface area contributed by atoms with Gasteiger partial charge in [0, 0.05) is 27.1 Å². The Morgan fingerprint density at radius 3 is 2.05 bits per heavy atom. The largest absolute Gasteiger partial charge is 0.349 e. The number of hydrogen-bond acceptors (Lipinski definition) is 3. The Morgan fingerprint density at radius 2 is 1.65 bits per heavy atom. The van der Waals surface area contributed by atoms with Crippen molar-refractivity contribution in [1.29, 1.82) is 0 Å². The zero-order valence-corrected chi connectivity index (χ0v) is 11.9. The number of amides is 3. The number of imide groups is 1. The van der Waals surface area contributed by atoms with Gasteiger partial charge in [-0.25, -0.2) is 0 Å². The Bertz CT molecular complexity index is 465. The van der Waals surface area contributed by atoms with E-state index in [0.29, 0.717) is 0 Å². The van der Waals surface area contributed by atoms with Gasteiger partial charge in [0.15, 0.2) is 0 Å². The summed E-state index contributed by atoms with van der Waals surface area (Å²) >= 11 is 0. The van der Waals surface area contributed by atoms with Crippen molar-refractivity contribution in [3.63, 3.8) is 0 Å². The molecule has 108 valence electrons. The maximum absolute atomic E-state index is 12.5. The smallest absolute Gasteiger partial charge is 0.233 e. The van der Waals surface area contributed by atoms with Gasteiger partial charge in [-0.15, -0.1) is 0 Å². The van der Waals surface area contributed by atoms with Crippen LogP contribution >= 0.6 is 0 Å². The summed E-state index contributed by atoms with van der Waals surface area (Å²) in [6, 6.07) is 0. The fourth-order valence-corrected chi connectivity index (χ4v) is 3.79. The van der Waals surface area contributed by atoms with Gasteiger partial charge in [-0.2, -0.15) is 0 Å². The molecule has 4 unspecified atom stereocenters. The molecule has 0 aromatic heterocycles. The molecule has 1 saturated carbocycles. The number of fused-ring (bicyclic) bond motifs is 1. The maximum atomic E-state index is 12.5. The van der Waals surface area contributed by atoms with Crippen LogP contribution in [0.2, 0.25) is 0 Å². The highest BCUT2D eigenvalue weighted by Crippen LogP contribution is 2.49. The molecule has 0 aromatic rings. The second-order valence-corrected chi connectivity index (χ2v) is 6.21. The molecule has 0 N–H and O–H groups in total. The van der Waals surface area contributed by atoms with E-state index in [9.17, 15) is 14.4 Å². The van der Waals surface area contributed by atoms with Gasteiger partial charge < -0.3 is 4.90 Å². The van der Waals surface area contributed by atoms with E-state index < -0.39 is 0 Å². The third kappa shape index (κ3) is 1.87. The molecule has 5 nitrogen and oxygen atoms in total. The summed E-state index contributed by atoms with van der Waals surface area (Å²) < 4.78 is 0. The summed E-state index contributed by atoms with van der Waals surface area (Å²) in [7, 11) is 3.36. The summed E-state index contributed by atoms with van der Waals surface area (Å²) in [4.78, 5) is 39.4. The molecule has 1 aliphatic heterocycles. The lowest BCUT2D eigenvalue weighted by molar-refractivity contribution is -0.140. The second-order valence-electron chi connectivity index (χ2n) is 6.21. The van der Waals surface area contributed by atoms with E-state index in [0.717, 1.165) is 12.8 Å². The van der Waals surface area contributed by atoms with E-state index >= 15 is 0 Å². The van der Waals surface area contributed by atoms with Crippen LogP contribution in [0.1, 0.15) is 19.3 Å². The molecule has 1 saturated heterocycles. The second kappa shape index (κ2) is 4.72. The highest BCUT2D eigenvalue weighted by atomic mass is 16.2. The minimum Gasteiger partial charge on any atom is -0.349 e. The lowest BCUT2D eigenvalue weighted by atomic mass is 9.63. The van der Waals surface area contributed by atoms with Crippen LogP contribution in [0, 0.1) is 23.7 Å². The van der Waals surface area contributed by atoms with Gasteiger partial charge in [-0.1, -0.05) is 12.2 Å². The van der Waals surface area contributed by atoms with E-state index in [2.05, 4.69) is 12.2 Å². The van der Waals surface area contributed by atoms with Gasteiger partial charge in [0.1, 0.15) is 0 Å². The molecule has 0 spiro atoms. The molecule has 2 bridgehead atoms. The van der Waals surface area contributed by atoms with Gasteiger partial charge in [0.05, 0.1) is 11.8 Å². The van der Waals surface area contributed by atoms with Crippen molar-refractivity contribution in [1.82, 2.24) is 9.80 Å². The van der Waals surface area contributed by atoms with Crippen LogP contribution in [0.4, 0.5) is 0 Å². The molecule has 4 aliphatic rings. The minimum absolute atomic E-state index is 0.0541. The van der Waals surface area contributed by atoms with Crippen LogP contribution in [0.25, 0.3) is 0 Å². The standard InChI is InChI=1S/C15H20N2O3/c1-16(2)11(18)7-8-17-14(19)12-9-3-4-10(6-5-9)13(12)15(17)20/h3-4,9-10,12-13H,5-8H2,1-2H3. The van der Waals surface area contributed by atoms with Crippen LogP contribution in [0.15, 0.2) is 12.2 Å². The minimum atomic E-state index is -0.166. The first-order valence-corrected chi connectivity index (χ1v) is 7.24. The Kier molecular flexibility index (Phi) is 3.15. The van der Waals surface area contributed by atoms with Crippen LogP contribution in [0.5, 0.6) is 0 Å². The van der Waals surface area contributed by atoms with Crippen molar-refractivity contribution < 1.29 is 14.4 Å². The average Bonchev–Trinajstić information content (AvgIpc) is 2.72.